The predicted molar refractivity (Wildman–Crippen MR) is 55.3 cm³/mol. The molecule has 15 heavy (non-hydrogen) atoms. The highest BCUT2D eigenvalue weighted by atomic mass is 16.5. The molecule has 0 spiro atoms. The summed E-state index contributed by atoms with van der Waals surface area (Å²) in [4.78, 5) is 21.4. The largest absolute Gasteiger partial charge is 0.477 e. The molecule has 0 bridgehead atoms. The lowest BCUT2D eigenvalue weighted by molar-refractivity contribution is -0.886. The van der Waals surface area contributed by atoms with E-state index in [1.54, 1.807) is 14.1 Å². The number of likely N-dealkylation sites (N-methyl/N-ethyl adjacent to an activating group) is 1. The second-order valence-corrected chi connectivity index (χ2v) is 4.31. The van der Waals surface area contributed by atoms with E-state index in [9.17, 15) is 9.59 Å². The van der Waals surface area contributed by atoms with Crippen molar-refractivity contribution in [3.05, 3.63) is 0 Å². The van der Waals surface area contributed by atoms with Gasteiger partial charge in [0, 0.05) is 6.92 Å². The fourth-order valence-electron chi connectivity index (χ4n) is 1.47. The Balaban J connectivity index is 4.25. The topological polar surface area (TPSA) is 63.6 Å². The number of carboxylic acid groups (broad SMARTS) is 1. The minimum Gasteiger partial charge on any atom is -0.477 e. The monoisotopic (exact) mass is 218 g/mol. The normalized spacial score (nSPS) is 13.3. The Labute approximate surface area is 90.2 Å². The predicted octanol–water partition coefficient (Wildman–Crippen LogP) is 0.489. The second kappa shape index (κ2) is 5.70. The lowest BCUT2D eigenvalue weighted by atomic mass is 10.2. The summed E-state index contributed by atoms with van der Waals surface area (Å²) in [5, 5.41) is 8.69. The van der Waals surface area contributed by atoms with Gasteiger partial charge in [-0.25, -0.2) is 4.79 Å². The highest BCUT2D eigenvalue weighted by Gasteiger charge is 2.25. The Bertz CT molecular complexity index is 238. The number of aliphatic carboxylic acids is 1. The average Bonchev–Trinajstić information content (AvgIpc) is 1.98. The molecule has 0 aromatic rings. The molecule has 1 atom stereocenters. The van der Waals surface area contributed by atoms with Crippen molar-refractivity contribution in [2.75, 3.05) is 27.2 Å². The molecule has 0 saturated heterocycles. The highest BCUT2D eigenvalue weighted by molar-refractivity contribution is 5.68. The van der Waals surface area contributed by atoms with E-state index in [0.29, 0.717) is 17.4 Å². The molecule has 0 amide bonds. The van der Waals surface area contributed by atoms with Crippen molar-refractivity contribution in [2.24, 2.45) is 0 Å². The molecule has 0 aliphatic rings. The molecule has 0 aliphatic carbocycles. The van der Waals surface area contributed by atoms with Gasteiger partial charge in [-0.1, -0.05) is 6.92 Å². The zero-order chi connectivity index (χ0) is 12.1. The van der Waals surface area contributed by atoms with Gasteiger partial charge in [0.1, 0.15) is 6.54 Å². The first-order valence-electron chi connectivity index (χ1n) is 4.98. The average molecular weight is 218 g/mol. The SMILES string of the molecule is CCC(C[N+](C)(C)CC(=O)O)OC(C)=O. The van der Waals surface area contributed by atoms with E-state index in [2.05, 4.69) is 0 Å². The lowest BCUT2D eigenvalue weighted by Crippen LogP contribution is -2.49. The minimum absolute atomic E-state index is 0.0256. The molecule has 0 aromatic carbocycles. The molecular weight excluding hydrogens is 198 g/mol. The van der Waals surface area contributed by atoms with E-state index in [1.807, 2.05) is 6.92 Å². The van der Waals surface area contributed by atoms with E-state index in [0.717, 1.165) is 0 Å². The van der Waals surface area contributed by atoms with Gasteiger partial charge >= 0.3 is 11.9 Å². The molecule has 0 saturated carbocycles. The number of carbonyl (C=O) groups excluding carboxylic acids is 1. The maximum Gasteiger partial charge on any atom is 0.359 e. The first-order valence-corrected chi connectivity index (χ1v) is 4.98. The minimum atomic E-state index is -0.849. The van der Waals surface area contributed by atoms with Gasteiger partial charge in [-0.15, -0.1) is 0 Å². The van der Waals surface area contributed by atoms with E-state index in [4.69, 9.17) is 9.84 Å². The van der Waals surface area contributed by atoms with E-state index >= 15 is 0 Å². The van der Waals surface area contributed by atoms with Crippen LogP contribution in [0.25, 0.3) is 0 Å². The standard InChI is InChI=1S/C10H19NO4/c1-5-9(15-8(2)12)6-11(3,4)7-10(13)14/h9H,5-7H2,1-4H3/p+1. The summed E-state index contributed by atoms with van der Waals surface area (Å²) in [6.07, 6.45) is 0.484. The molecule has 0 radical (unpaired) electrons. The molecule has 0 fully saturated rings. The molecule has 1 N–H and O–H groups in total. The summed E-state index contributed by atoms with van der Waals surface area (Å²) >= 11 is 0. The smallest absolute Gasteiger partial charge is 0.359 e. The number of hydrogen-bond donors (Lipinski definition) is 1. The Kier molecular flexibility index (Phi) is 5.28. The van der Waals surface area contributed by atoms with Gasteiger partial charge in [-0.3, -0.25) is 4.79 Å². The fourth-order valence-corrected chi connectivity index (χ4v) is 1.47. The molecule has 0 heterocycles. The quantitative estimate of drug-likeness (QED) is 0.520. The highest BCUT2D eigenvalue weighted by Crippen LogP contribution is 2.06. The van der Waals surface area contributed by atoms with Crippen LogP contribution in [-0.2, 0) is 14.3 Å². The van der Waals surface area contributed by atoms with Crippen molar-refractivity contribution in [1.82, 2.24) is 0 Å². The summed E-state index contributed by atoms with van der Waals surface area (Å²) in [7, 11) is 3.61. The maximum atomic E-state index is 10.8. The third-order valence-corrected chi connectivity index (χ3v) is 2.05. The van der Waals surface area contributed by atoms with Gasteiger partial charge in [0.25, 0.3) is 0 Å². The molecule has 5 heteroatoms. The summed E-state index contributed by atoms with van der Waals surface area (Å²) in [6.45, 7) is 3.81. The van der Waals surface area contributed by atoms with Crippen LogP contribution in [0.15, 0.2) is 0 Å². The van der Waals surface area contributed by atoms with Crippen molar-refractivity contribution in [3.8, 4) is 0 Å². The van der Waals surface area contributed by atoms with Crippen molar-refractivity contribution >= 4 is 11.9 Å². The number of quaternary nitrogens is 1. The zero-order valence-electron chi connectivity index (χ0n) is 9.82. The van der Waals surface area contributed by atoms with Crippen LogP contribution < -0.4 is 0 Å². The number of esters is 1. The molecular formula is C10H20NO4+. The summed E-state index contributed by atoms with van der Waals surface area (Å²) < 4.78 is 5.38. The van der Waals surface area contributed by atoms with Crippen molar-refractivity contribution in [3.63, 3.8) is 0 Å². The molecule has 5 nitrogen and oxygen atoms in total. The maximum absolute atomic E-state index is 10.8. The van der Waals surface area contributed by atoms with Crippen molar-refractivity contribution < 1.29 is 23.9 Å². The molecule has 0 rings (SSSR count). The van der Waals surface area contributed by atoms with Crippen LogP contribution in [0, 0.1) is 0 Å². The zero-order valence-corrected chi connectivity index (χ0v) is 9.82. The molecule has 1 unspecified atom stereocenters. The van der Waals surface area contributed by atoms with E-state index in [1.165, 1.54) is 6.92 Å². The van der Waals surface area contributed by atoms with Crippen LogP contribution in [0.4, 0.5) is 0 Å². The summed E-state index contributed by atoms with van der Waals surface area (Å²) in [6, 6.07) is 0. The Morgan fingerprint density at radius 2 is 1.93 bits per heavy atom. The molecule has 0 aliphatic heterocycles. The first kappa shape index (κ1) is 13.9. The van der Waals surface area contributed by atoms with Crippen LogP contribution in [0.2, 0.25) is 0 Å². The lowest BCUT2D eigenvalue weighted by Gasteiger charge is -2.31. The Morgan fingerprint density at radius 1 is 1.40 bits per heavy atom. The van der Waals surface area contributed by atoms with Crippen molar-refractivity contribution in [2.45, 2.75) is 26.4 Å². The van der Waals surface area contributed by atoms with Gasteiger partial charge in [0.15, 0.2) is 12.6 Å². The number of carbonyl (C=O) groups is 2. The van der Waals surface area contributed by atoms with Gasteiger partial charge in [-0.05, 0) is 6.42 Å². The van der Waals surface area contributed by atoms with Gasteiger partial charge < -0.3 is 14.3 Å². The number of ether oxygens (including phenoxy) is 1. The number of rotatable bonds is 6. The fraction of sp³-hybridized carbons (Fsp3) is 0.800. The van der Waals surface area contributed by atoms with E-state index in [-0.39, 0.29) is 18.6 Å². The number of nitrogens with zero attached hydrogens (tertiary/aromatic N) is 1. The Hall–Kier alpha value is -1.10. The van der Waals surface area contributed by atoms with Crippen molar-refractivity contribution in [1.29, 1.82) is 0 Å². The molecule has 88 valence electrons. The third-order valence-electron chi connectivity index (χ3n) is 2.05. The third kappa shape index (κ3) is 6.90. The Morgan fingerprint density at radius 3 is 2.27 bits per heavy atom. The van der Waals surface area contributed by atoms with Crippen LogP contribution in [-0.4, -0.2) is 54.8 Å². The summed E-state index contributed by atoms with van der Waals surface area (Å²) in [5.74, 6) is -1.17. The van der Waals surface area contributed by atoms with Gasteiger partial charge in [-0.2, -0.15) is 0 Å². The van der Waals surface area contributed by atoms with Crippen LogP contribution in [0.5, 0.6) is 0 Å². The van der Waals surface area contributed by atoms with Crippen LogP contribution in [0.1, 0.15) is 20.3 Å². The van der Waals surface area contributed by atoms with Gasteiger partial charge in [0.05, 0.1) is 14.1 Å². The van der Waals surface area contributed by atoms with Crippen LogP contribution >= 0.6 is 0 Å². The number of carboxylic acids is 1. The second-order valence-electron chi connectivity index (χ2n) is 4.31. The first-order chi connectivity index (χ1) is 6.76. The number of hydrogen-bond acceptors (Lipinski definition) is 3. The van der Waals surface area contributed by atoms with E-state index < -0.39 is 5.97 Å². The molecule has 0 aromatic heterocycles. The van der Waals surface area contributed by atoms with Gasteiger partial charge in [0.2, 0.25) is 0 Å². The van der Waals surface area contributed by atoms with Crippen LogP contribution in [0.3, 0.4) is 0 Å². The summed E-state index contributed by atoms with van der Waals surface area (Å²) in [5.41, 5.74) is 0.